The Balaban J connectivity index is 1.84. The number of rotatable bonds is 5. The predicted octanol–water partition coefficient (Wildman–Crippen LogP) is 3.80. The largest absolute Gasteiger partial charge is 0.490 e. The van der Waals surface area contributed by atoms with Crippen molar-refractivity contribution >= 4 is 21.6 Å². The minimum atomic E-state index is 0.460. The van der Waals surface area contributed by atoms with Crippen LogP contribution in [0.4, 0.5) is 5.69 Å². The SMILES string of the molecule is Cc1cccc(N)c1OCCOc1cccc(Br)c1. The lowest BCUT2D eigenvalue weighted by atomic mass is 10.2. The van der Waals surface area contributed by atoms with Crippen LogP contribution in [0.15, 0.2) is 46.9 Å². The molecule has 0 heterocycles. The smallest absolute Gasteiger partial charge is 0.145 e. The number of anilines is 1. The van der Waals surface area contributed by atoms with E-state index in [-0.39, 0.29) is 0 Å². The third kappa shape index (κ3) is 3.89. The summed E-state index contributed by atoms with van der Waals surface area (Å²) in [7, 11) is 0. The highest BCUT2D eigenvalue weighted by molar-refractivity contribution is 9.10. The molecule has 2 rings (SSSR count). The third-order valence-electron chi connectivity index (χ3n) is 2.64. The van der Waals surface area contributed by atoms with Gasteiger partial charge in [0, 0.05) is 4.47 Å². The van der Waals surface area contributed by atoms with Crippen molar-refractivity contribution in [3.8, 4) is 11.5 Å². The van der Waals surface area contributed by atoms with Crippen LogP contribution >= 0.6 is 15.9 Å². The Morgan fingerprint density at radius 3 is 2.53 bits per heavy atom. The van der Waals surface area contributed by atoms with Gasteiger partial charge in [-0.1, -0.05) is 34.1 Å². The van der Waals surface area contributed by atoms with Gasteiger partial charge in [-0.3, -0.25) is 0 Å². The molecular weight excluding hydrogens is 306 g/mol. The van der Waals surface area contributed by atoms with Gasteiger partial charge in [0.25, 0.3) is 0 Å². The number of aryl methyl sites for hydroxylation is 1. The number of hydrogen-bond donors (Lipinski definition) is 1. The van der Waals surface area contributed by atoms with Crippen molar-refractivity contribution in [1.29, 1.82) is 0 Å². The van der Waals surface area contributed by atoms with Crippen molar-refractivity contribution in [2.45, 2.75) is 6.92 Å². The van der Waals surface area contributed by atoms with Crippen LogP contribution in [-0.4, -0.2) is 13.2 Å². The van der Waals surface area contributed by atoms with Crippen LogP contribution in [0.5, 0.6) is 11.5 Å². The first-order valence-corrected chi connectivity index (χ1v) is 6.82. The molecule has 3 nitrogen and oxygen atoms in total. The predicted molar refractivity (Wildman–Crippen MR) is 80.7 cm³/mol. The first-order chi connectivity index (χ1) is 9.16. The van der Waals surface area contributed by atoms with E-state index in [1.165, 1.54) is 0 Å². The van der Waals surface area contributed by atoms with Crippen LogP contribution in [0.3, 0.4) is 0 Å². The fourth-order valence-corrected chi connectivity index (χ4v) is 2.11. The lowest BCUT2D eigenvalue weighted by Gasteiger charge is -2.12. The second-order valence-corrected chi connectivity index (χ2v) is 5.06. The second kappa shape index (κ2) is 6.48. The van der Waals surface area contributed by atoms with E-state index in [0.717, 1.165) is 21.5 Å². The van der Waals surface area contributed by atoms with Crippen molar-refractivity contribution < 1.29 is 9.47 Å². The lowest BCUT2D eigenvalue weighted by Crippen LogP contribution is -2.10. The van der Waals surface area contributed by atoms with E-state index in [9.17, 15) is 0 Å². The van der Waals surface area contributed by atoms with E-state index in [4.69, 9.17) is 15.2 Å². The standard InChI is InChI=1S/C15H16BrNO2/c1-11-4-2-7-14(17)15(11)19-9-8-18-13-6-3-5-12(16)10-13/h2-7,10H,8-9,17H2,1H3. The molecule has 0 radical (unpaired) electrons. The van der Waals surface area contributed by atoms with Crippen LogP contribution in [0.2, 0.25) is 0 Å². The average Bonchev–Trinajstić information content (AvgIpc) is 2.37. The van der Waals surface area contributed by atoms with Crippen LogP contribution in [0, 0.1) is 6.92 Å². The summed E-state index contributed by atoms with van der Waals surface area (Å²) in [5.74, 6) is 1.55. The van der Waals surface area contributed by atoms with Crippen LogP contribution < -0.4 is 15.2 Å². The van der Waals surface area contributed by atoms with E-state index in [1.807, 2.05) is 49.4 Å². The minimum absolute atomic E-state index is 0.460. The van der Waals surface area contributed by atoms with E-state index in [0.29, 0.717) is 18.9 Å². The molecule has 0 atom stereocenters. The molecule has 0 amide bonds. The van der Waals surface area contributed by atoms with Crippen LogP contribution in [-0.2, 0) is 0 Å². The van der Waals surface area contributed by atoms with E-state index in [1.54, 1.807) is 0 Å². The van der Waals surface area contributed by atoms with E-state index < -0.39 is 0 Å². The molecule has 0 saturated heterocycles. The van der Waals surface area contributed by atoms with Gasteiger partial charge < -0.3 is 15.2 Å². The Bertz CT molecular complexity index is 537. The maximum atomic E-state index is 5.86. The van der Waals surface area contributed by atoms with Crippen molar-refractivity contribution in [1.82, 2.24) is 0 Å². The number of nitrogen functional groups attached to an aromatic ring is 1. The summed E-state index contributed by atoms with van der Waals surface area (Å²) >= 11 is 3.40. The monoisotopic (exact) mass is 321 g/mol. The normalized spacial score (nSPS) is 10.2. The van der Waals surface area contributed by atoms with Gasteiger partial charge in [-0.25, -0.2) is 0 Å². The number of hydrogen-bond acceptors (Lipinski definition) is 3. The highest BCUT2D eigenvalue weighted by atomic mass is 79.9. The Hall–Kier alpha value is -1.68. The number of para-hydroxylation sites is 1. The van der Waals surface area contributed by atoms with Gasteiger partial charge in [-0.05, 0) is 36.8 Å². The molecule has 4 heteroatoms. The molecule has 0 saturated carbocycles. The van der Waals surface area contributed by atoms with E-state index in [2.05, 4.69) is 15.9 Å². The number of halogens is 1. The molecule has 2 aromatic carbocycles. The van der Waals surface area contributed by atoms with Crippen LogP contribution in [0.25, 0.3) is 0 Å². The van der Waals surface area contributed by atoms with Crippen molar-refractivity contribution in [2.75, 3.05) is 18.9 Å². The quantitative estimate of drug-likeness (QED) is 0.673. The Kier molecular flexibility index (Phi) is 4.68. The van der Waals surface area contributed by atoms with Crippen molar-refractivity contribution in [3.63, 3.8) is 0 Å². The third-order valence-corrected chi connectivity index (χ3v) is 3.13. The first-order valence-electron chi connectivity index (χ1n) is 6.03. The molecular formula is C15H16BrNO2. The molecule has 2 N–H and O–H groups in total. The molecule has 0 aliphatic carbocycles. The van der Waals surface area contributed by atoms with E-state index >= 15 is 0 Å². The number of ether oxygens (including phenoxy) is 2. The van der Waals surface area contributed by atoms with Crippen molar-refractivity contribution in [3.05, 3.63) is 52.5 Å². The maximum absolute atomic E-state index is 5.86. The highest BCUT2D eigenvalue weighted by Gasteiger charge is 2.03. The minimum Gasteiger partial charge on any atom is -0.490 e. The molecule has 0 spiro atoms. The summed E-state index contributed by atoms with van der Waals surface area (Å²) in [6.45, 7) is 2.91. The topological polar surface area (TPSA) is 44.5 Å². The fourth-order valence-electron chi connectivity index (χ4n) is 1.73. The zero-order valence-corrected chi connectivity index (χ0v) is 12.3. The zero-order valence-electron chi connectivity index (χ0n) is 10.7. The van der Waals surface area contributed by atoms with Crippen molar-refractivity contribution in [2.24, 2.45) is 0 Å². The van der Waals surface area contributed by atoms with Gasteiger partial charge in [0.2, 0.25) is 0 Å². The van der Waals surface area contributed by atoms with Gasteiger partial charge in [-0.2, -0.15) is 0 Å². The Labute approximate surface area is 121 Å². The Morgan fingerprint density at radius 2 is 1.79 bits per heavy atom. The average molecular weight is 322 g/mol. The molecule has 0 fully saturated rings. The lowest BCUT2D eigenvalue weighted by molar-refractivity contribution is 0.217. The zero-order chi connectivity index (χ0) is 13.7. The fraction of sp³-hybridized carbons (Fsp3) is 0.200. The molecule has 0 bridgehead atoms. The number of benzene rings is 2. The maximum Gasteiger partial charge on any atom is 0.145 e. The molecule has 0 aliphatic heterocycles. The summed E-state index contributed by atoms with van der Waals surface area (Å²) in [5.41, 5.74) is 7.55. The summed E-state index contributed by atoms with van der Waals surface area (Å²) in [6.07, 6.45) is 0. The van der Waals surface area contributed by atoms with Gasteiger partial charge in [0.15, 0.2) is 0 Å². The van der Waals surface area contributed by atoms with Gasteiger partial charge in [0.05, 0.1) is 5.69 Å². The Morgan fingerprint density at radius 1 is 1.05 bits per heavy atom. The second-order valence-electron chi connectivity index (χ2n) is 4.15. The summed E-state index contributed by atoms with van der Waals surface area (Å²) in [4.78, 5) is 0. The number of nitrogens with two attached hydrogens (primary N) is 1. The van der Waals surface area contributed by atoms with Gasteiger partial charge >= 0.3 is 0 Å². The van der Waals surface area contributed by atoms with Crippen LogP contribution in [0.1, 0.15) is 5.56 Å². The summed E-state index contributed by atoms with van der Waals surface area (Å²) in [5, 5.41) is 0. The molecule has 0 unspecified atom stereocenters. The molecule has 19 heavy (non-hydrogen) atoms. The molecule has 0 aliphatic rings. The van der Waals surface area contributed by atoms with Gasteiger partial charge in [-0.15, -0.1) is 0 Å². The molecule has 0 aromatic heterocycles. The molecule has 100 valence electrons. The molecule has 2 aromatic rings. The summed E-state index contributed by atoms with van der Waals surface area (Å²) < 4.78 is 12.2. The summed E-state index contributed by atoms with van der Waals surface area (Å²) in [6, 6.07) is 13.4. The highest BCUT2D eigenvalue weighted by Crippen LogP contribution is 2.25. The first kappa shape index (κ1) is 13.7. The van der Waals surface area contributed by atoms with Gasteiger partial charge in [0.1, 0.15) is 24.7 Å².